The van der Waals surface area contributed by atoms with Gasteiger partial charge in [0.15, 0.2) is 0 Å². The van der Waals surface area contributed by atoms with Crippen LogP contribution in [0.25, 0.3) is 0 Å². The van der Waals surface area contributed by atoms with E-state index in [-0.39, 0.29) is 0 Å². The molecule has 2 atom stereocenters. The lowest BCUT2D eigenvalue weighted by Crippen LogP contribution is -2.36. The molecule has 6 heteroatoms. The zero-order chi connectivity index (χ0) is 13.8. The predicted molar refractivity (Wildman–Crippen MR) is 78.9 cm³/mol. The van der Waals surface area contributed by atoms with Crippen LogP contribution < -0.4 is 16.0 Å². The lowest BCUT2D eigenvalue weighted by molar-refractivity contribution is 0.122. The Bertz CT molecular complexity index is 435. The second-order valence-corrected chi connectivity index (χ2v) is 5.68. The summed E-state index contributed by atoms with van der Waals surface area (Å²) in [6.07, 6.45) is 5.12. The molecule has 0 amide bonds. The number of hydrogen-bond donors (Lipinski definition) is 2. The Balaban J connectivity index is 1.56. The van der Waals surface area contributed by atoms with Gasteiger partial charge in [-0.1, -0.05) is 0 Å². The highest BCUT2D eigenvalue weighted by Gasteiger charge is 2.21. The van der Waals surface area contributed by atoms with Crippen molar-refractivity contribution in [2.24, 2.45) is 11.7 Å². The molecule has 0 aromatic carbocycles. The summed E-state index contributed by atoms with van der Waals surface area (Å²) in [5, 5.41) is 3.42. The summed E-state index contributed by atoms with van der Waals surface area (Å²) in [7, 11) is 0. The van der Waals surface area contributed by atoms with Crippen LogP contribution in [0.4, 0.5) is 11.6 Å². The quantitative estimate of drug-likeness (QED) is 0.850. The topological polar surface area (TPSA) is 76.3 Å². The number of nitrogens with zero attached hydrogens (tertiary/aromatic N) is 3. The molecule has 2 unspecified atom stereocenters. The first-order chi connectivity index (χ1) is 9.81. The monoisotopic (exact) mass is 277 g/mol. The molecule has 1 saturated carbocycles. The molecule has 6 nitrogen and oxygen atoms in total. The normalized spacial score (nSPS) is 26.8. The van der Waals surface area contributed by atoms with Gasteiger partial charge in [0.25, 0.3) is 0 Å². The Kier molecular flexibility index (Phi) is 4.32. The van der Waals surface area contributed by atoms with Crippen LogP contribution in [0.3, 0.4) is 0 Å². The van der Waals surface area contributed by atoms with Crippen LogP contribution in [0.15, 0.2) is 12.4 Å². The smallest absolute Gasteiger partial charge is 0.134 e. The minimum atomic E-state index is 0.385. The Morgan fingerprint density at radius 2 is 2.15 bits per heavy atom. The first kappa shape index (κ1) is 13.6. The molecule has 2 fully saturated rings. The molecule has 110 valence electrons. The zero-order valence-corrected chi connectivity index (χ0v) is 11.8. The van der Waals surface area contributed by atoms with Gasteiger partial charge < -0.3 is 20.7 Å². The number of aromatic nitrogens is 2. The molecule has 0 spiro atoms. The highest BCUT2D eigenvalue weighted by Crippen LogP contribution is 2.24. The van der Waals surface area contributed by atoms with E-state index in [1.807, 2.05) is 6.07 Å². The maximum atomic E-state index is 5.94. The van der Waals surface area contributed by atoms with Gasteiger partial charge in [0.1, 0.15) is 18.0 Å². The first-order valence-electron chi connectivity index (χ1n) is 7.45. The van der Waals surface area contributed by atoms with Crippen LogP contribution >= 0.6 is 0 Å². The minimum Gasteiger partial charge on any atom is -0.378 e. The molecule has 1 aromatic rings. The van der Waals surface area contributed by atoms with E-state index in [2.05, 4.69) is 20.2 Å². The van der Waals surface area contributed by atoms with Gasteiger partial charge in [-0.05, 0) is 25.2 Å². The Morgan fingerprint density at radius 1 is 1.30 bits per heavy atom. The van der Waals surface area contributed by atoms with Crippen LogP contribution in [0.2, 0.25) is 0 Å². The van der Waals surface area contributed by atoms with E-state index in [0.717, 1.165) is 57.3 Å². The number of hydrogen-bond acceptors (Lipinski definition) is 6. The molecule has 3 rings (SSSR count). The van der Waals surface area contributed by atoms with Crippen molar-refractivity contribution in [3.63, 3.8) is 0 Å². The minimum absolute atomic E-state index is 0.385. The Hall–Kier alpha value is -1.40. The molecule has 1 aromatic heterocycles. The van der Waals surface area contributed by atoms with Gasteiger partial charge in [0, 0.05) is 31.7 Å². The standard InChI is InChI=1S/C14H23N5O/c15-12-2-1-11(7-12)9-16-13-8-14(18-10-17-13)19-3-5-20-6-4-19/h8,10-12H,1-7,9,15H2,(H,16,17,18). The van der Waals surface area contributed by atoms with Crippen molar-refractivity contribution < 1.29 is 4.74 Å². The molecule has 20 heavy (non-hydrogen) atoms. The molecule has 1 aliphatic carbocycles. The van der Waals surface area contributed by atoms with Gasteiger partial charge in [0.2, 0.25) is 0 Å². The number of anilines is 2. The van der Waals surface area contributed by atoms with Gasteiger partial charge in [-0.3, -0.25) is 0 Å². The van der Waals surface area contributed by atoms with Gasteiger partial charge in [-0.2, -0.15) is 0 Å². The third kappa shape index (κ3) is 3.37. The summed E-state index contributed by atoms with van der Waals surface area (Å²) in [4.78, 5) is 10.9. The van der Waals surface area contributed by atoms with Crippen molar-refractivity contribution in [3.05, 3.63) is 12.4 Å². The highest BCUT2D eigenvalue weighted by atomic mass is 16.5. The predicted octanol–water partition coefficient (Wildman–Crippen LogP) is 0.852. The highest BCUT2D eigenvalue weighted by molar-refractivity contribution is 5.48. The van der Waals surface area contributed by atoms with Gasteiger partial charge in [0.05, 0.1) is 13.2 Å². The second-order valence-electron chi connectivity index (χ2n) is 5.68. The lowest BCUT2D eigenvalue weighted by Gasteiger charge is -2.27. The van der Waals surface area contributed by atoms with Gasteiger partial charge in [-0.15, -0.1) is 0 Å². The molecule has 1 aliphatic heterocycles. The Labute approximate surface area is 119 Å². The summed E-state index contributed by atoms with van der Waals surface area (Å²) in [6.45, 7) is 4.29. The van der Waals surface area contributed by atoms with Crippen molar-refractivity contribution >= 4 is 11.6 Å². The van der Waals surface area contributed by atoms with E-state index < -0.39 is 0 Å². The molecular formula is C14H23N5O. The molecule has 2 heterocycles. The summed E-state index contributed by atoms with van der Waals surface area (Å²) >= 11 is 0. The van der Waals surface area contributed by atoms with E-state index >= 15 is 0 Å². The number of nitrogens with two attached hydrogens (primary N) is 1. The average molecular weight is 277 g/mol. The number of morpholine rings is 1. The van der Waals surface area contributed by atoms with E-state index in [0.29, 0.717) is 12.0 Å². The summed E-state index contributed by atoms with van der Waals surface area (Å²) < 4.78 is 5.36. The SMILES string of the molecule is NC1CCC(CNc2cc(N3CCOCC3)ncn2)C1. The van der Waals surface area contributed by atoms with Gasteiger partial charge >= 0.3 is 0 Å². The van der Waals surface area contributed by atoms with Crippen molar-refractivity contribution in [1.82, 2.24) is 9.97 Å². The lowest BCUT2D eigenvalue weighted by atomic mass is 10.1. The van der Waals surface area contributed by atoms with E-state index in [9.17, 15) is 0 Å². The third-order valence-electron chi connectivity index (χ3n) is 4.14. The fourth-order valence-corrected chi connectivity index (χ4v) is 2.96. The van der Waals surface area contributed by atoms with Crippen molar-refractivity contribution in [1.29, 1.82) is 0 Å². The maximum Gasteiger partial charge on any atom is 0.134 e. The van der Waals surface area contributed by atoms with Crippen LogP contribution in [-0.4, -0.2) is 48.9 Å². The number of ether oxygens (including phenoxy) is 1. The van der Waals surface area contributed by atoms with E-state index in [1.54, 1.807) is 6.33 Å². The maximum absolute atomic E-state index is 5.94. The van der Waals surface area contributed by atoms with Crippen LogP contribution in [-0.2, 0) is 4.74 Å². The number of nitrogens with one attached hydrogen (secondary N) is 1. The fourth-order valence-electron chi connectivity index (χ4n) is 2.96. The van der Waals surface area contributed by atoms with E-state index in [4.69, 9.17) is 10.5 Å². The number of rotatable bonds is 4. The summed E-state index contributed by atoms with van der Waals surface area (Å²) in [5.41, 5.74) is 5.94. The molecule has 3 N–H and O–H groups in total. The molecular weight excluding hydrogens is 254 g/mol. The third-order valence-corrected chi connectivity index (χ3v) is 4.14. The van der Waals surface area contributed by atoms with Crippen LogP contribution in [0.5, 0.6) is 0 Å². The summed E-state index contributed by atoms with van der Waals surface area (Å²) in [6, 6.07) is 2.41. The van der Waals surface area contributed by atoms with Crippen molar-refractivity contribution in [3.8, 4) is 0 Å². The Morgan fingerprint density at radius 3 is 2.90 bits per heavy atom. The van der Waals surface area contributed by atoms with E-state index in [1.165, 1.54) is 6.42 Å². The first-order valence-corrected chi connectivity index (χ1v) is 7.45. The zero-order valence-electron chi connectivity index (χ0n) is 11.8. The molecule has 0 bridgehead atoms. The van der Waals surface area contributed by atoms with Crippen molar-refractivity contribution in [2.45, 2.75) is 25.3 Å². The summed E-state index contributed by atoms with van der Waals surface area (Å²) in [5.74, 6) is 2.56. The van der Waals surface area contributed by atoms with Crippen LogP contribution in [0.1, 0.15) is 19.3 Å². The fraction of sp³-hybridized carbons (Fsp3) is 0.714. The molecule has 0 radical (unpaired) electrons. The largest absolute Gasteiger partial charge is 0.378 e. The van der Waals surface area contributed by atoms with Crippen molar-refractivity contribution in [2.75, 3.05) is 43.1 Å². The molecule has 1 saturated heterocycles. The average Bonchev–Trinajstić information content (AvgIpc) is 2.92. The van der Waals surface area contributed by atoms with Crippen LogP contribution in [0, 0.1) is 5.92 Å². The van der Waals surface area contributed by atoms with Gasteiger partial charge in [-0.25, -0.2) is 9.97 Å². The second kappa shape index (κ2) is 6.37. The molecule has 2 aliphatic rings.